The van der Waals surface area contributed by atoms with Crippen molar-refractivity contribution in [1.82, 2.24) is 19.7 Å². The largest absolute Gasteiger partial charge is 0.433 e. The van der Waals surface area contributed by atoms with Gasteiger partial charge in [0.05, 0.1) is 36.0 Å². The summed E-state index contributed by atoms with van der Waals surface area (Å²) in [6.45, 7) is 3.05. The molecule has 0 atom stereocenters. The van der Waals surface area contributed by atoms with Gasteiger partial charge in [-0.1, -0.05) is 24.8 Å². The summed E-state index contributed by atoms with van der Waals surface area (Å²) in [5, 5.41) is 10.5. The van der Waals surface area contributed by atoms with Crippen molar-refractivity contribution in [3.8, 4) is 22.8 Å². The summed E-state index contributed by atoms with van der Waals surface area (Å²) in [5.74, 6) is 0.0126. The van der Waals surface area contributed by atoms with Crippen molar-refractivity contribution in [2.24, 2.45) is 0 Å². The number of anilines is 5. The number of hydrogen-bond acceptors (Lipinski definition) is 9. The highest BCUT2D eigenvalue weighted by Crippen LogP contribution is 2.40. The number of para-hydroxylation sites is 1. The number of alkyl halides is 2. The second-order valence-corrected chi connectivity index (χ2v) is 9.72. The third kappa shape index (κ3) is 5.46. The quantitative estimate of drug-likeness (QED) is 0.292. The van der Waals surface area contributed by atoms with Crippen LogP contribution in [-0.2, 0) is 16.1 Å². The predicted octanol–water partition coefficient (Wildman–Crippen LogP) is 4.59. The van der Waals surface area contributed by atoms with Crippen LogP contribution in [0.2, 0.25) is 0 Å². The number of fused-ring (bicyclic) bond motifs is 3. The van der Waals surface area contributed by atoms with E-state index in [1.165, 1.54) is 12.1 Å². The van der Waals surface area contributed by atoms with Gasteiger partial charge in [0.2, 0.25) is 11.9 Å². The number of aromatic nitrogens is 4. The van der Waals surface area contributed by atoms with Crippen LogP contribution in [0.4, 0.5) is 37.5 Å². The van der Waals surface area contributed by atoms with Gasteiger partial charge in [-0.25, -0.2) is 9.67 Å². The Hall–Kier alpha value is -5.04. The molecule has 1 fully saturated rings. The molecule has 13 heteroatoms. The Morgan fingerprint density at radius 3 is 2.74 bits per heavy atom. The van der Waals surface area contributed by atoms with Crippen molar-refractivity contribution in [2.75, 3.05) is 53.8 Å². The van der Waals surface area contributed by atoms with E-state index >= 15 is 0 Å². The highest BCUT2D eigenvalue weighted by atomic mass is 19.3. The summed E-state index contributed by atoms with van der Waals surface area (Å²) >= 11 is 0. The zero-order chi connectivity index (χ0) is 29.2. The number of carbonyl (C=O) groups is 1. The number of morpholine rings is 1. The number of rotatable bonds is 8. The number of amides is 1. The predicted molar refractivity (Wildman–Crippen MR) is 155 cm³/mol. The molecule has 0 aliphatic carbocycles. The molecular weight excluding hydrogens is 546 g/mol. The van der Waals surface area contributed by atoms with Gasteiger partial charge in [-0.3, -0.25) is 4.79 Å². The van der Waals surface area contributed by atoms with Crippen LogP contribution in [-0.4, -0.2) is 65.6 Å². The van der Waals surface area contributed by atoms with Crippen LogP contribution in [0.1, 0.15) is 5.56 Å². The Morgan fingerprint density at radius 2 is 1.95 bits per heavy atom. The van der Waals surface area contributed by atoms with Gasteiger partial charge < -0.3 is 29.9 Å². The number of carbonyl (C=O) groups excluding carboxylic acids is 1. The summed E-state index contributed by atoms with van der Waals surface area (Å²) in [7, 11) is 2.03. The maximum Gasteiger partial charge on any atom is 0.387 e. The zero-order valence-corrected chi connectivity index (χ0v) is 22.8. The first-order valence-electron chi connectivity index (χ1n) is 13.3. The van der Waals surface area contributed by atoms with Crippen LogP contribution in [0, 0.1) is 0 Å². The standard InChI is InChI=1S/C29H28F2N8O3/c1-3-26(40)33-20-14-21(24(42-28(30)31)15-23(20)38-10-12-41-13-11-38)34-29-32-9-8-25(35-29)39-17-18-16-37(2)22-7-5-4-6-19(22)27(18)36-39/h3-9,14-15,17,28H,1,10-13,16H2,2H3,(H,33,40)(H,32,34,35). The van der Waals surface area contributed by atoms with Gasteiger partial charge in [-0.05, 0) is 18.2 Å². The lowest BCUT2D eigenvalue weighted by molar-refractivity contribution is -0.111. The highest BCUT2D eigenvalue weighted by molar-refractivity contribution is 6.02. The molecule has 216 valence electrons. The van der Waals surface area contributed by atoms with Gasteiger partial charge >= 0.3 is 6.61 Å². The van der Waals surface area contributed by atoms with Gasteiger partial charge in [0.1, 0.15) is 0 Å². The molecule has 1 amide bonds. The summed E-state index contributed by atoms with van der Waals surface area (Å²) < 4.78 is 39.0. The van der Waals surface area contributed by atoms with Gasteiger partial charge in [0, 0.05) is 68.0 Å². The normalized spacial score (nSPS) is 14.3. The Morgan fingerprint density at radius 1 is 1.14 bits per heavy atom. The highest BCUT2D eigenvalue weighted by Gasteiger charge is 2.24. The summed E-state index contributed by atoms with van der Waals surface area (Å²) in [6, 6.07) is 12.7. The molecule has 11 nitrogen and oxygen atoms in total. The van der Waals surface area contributed by atoms with Crippen LogP contribution in [0.5, 0.6) is 5.75 Å². The van der Waals surface area contributed by atoms with E-state index in [4.69, 9.17) is 14.6 Å². The van der Waals surface area contributed by atoms with E-state index in [1.807, 2.05) is 36.3 Å². The van der Waals surface area contributed by atoms with E-state index in [-0.39, 0.29) is 17.4 Å². The molecule has 0 saturated carbocycles. The number of benzene rings is 2. The van der Waals surface area contributed by atoms with Crippen molar-refractivity contribution >= 4 is 34.6 Å². The van der Waals surface area contributed by atoms with E-state index in [0.717, 1.165) is 28.6 Å². The van der Waals surface area contributed by atoms with E-state index in [2.05, 4.69) is 38.1 Å². The zero-order valence-electron chi connectivity index (χ0n) is 22.8. The van der Waals surface area contributed by atoms with Crippen molar-refractivity contribution in [3.05, 3.63) is 73.1 Å². The average Bonchev–Trinajstić information content (AvgIpc) is 3.43. The lowest BCUT2D eigenvalue weighted by Gasteiger charge is -2.31. The minimum absolute atomic E-state index is 0.123. The molecule has 0 spiro atoms. The first-order valence-corrected chi connectivity index (χ1v) is 13.3. The number of ether oxygens (including phenoxy) is 2. The Kier molecular flexibility index (Phi) is 7.40. The second kappa shape index (κ2) is 11.4. The molecule has 0 radical (unpaired) electrons. The Bertz CT molecular complexity index is 1640. The van der Waals surface area contributed by atoms with E-state index < -0.39 is 12.5 Å². The van der Waals surface area contributed by atoms with Crippen molar-refractivity contribution in [1.29, 1.82) is 0 Å². The van der Waals surface area contributed by atoms with Crippen molar-refractivity contribution < 1.29 is 23.0 Å². The van der Waals surface area contributed by atoms with Crippen LogP contribution >= 0.6 is 0 Å². The summed E-state index contributed by atoms with van der Waals surface area (Å²) in [6.07, 6.45) is 4.59. The number of halogens is 2. The molecule has 2 aliphatic rings. The molecule has 0 bridgehead atoms. The molecular formula is C29H28F2N8O3. The maximum atomic E-state index is 13.5. The molecule has 4 aromatic rings. The molecule has 2 aromatic carbocycles. The SMILES string of the molecule is C=CC(=O)Nc1cc(Nc2nccc(-n3cc4c(n3)-c3ccccc3N(C)C4)n2)c(OC(F)F)cc1N1CCOCC1. The van der Waals surface area contributed by atoms with Crippen LogP contribution in [0.15, 0.2) is 67.5 Å². The first-order chi connectivity index (χ1) is 20.4. The fraction of sp³-hybridized carbons (Fsp3) is 0.241. The first kappa shape index (κ1) is 27.1. The average molecular weight is 575 g/mol. The van der Waals surface area contributed by atoms with Crippen LogP contribution in [0.25, 0.3) is 17.1 Å². The second-order valence-electron chi connectivity index (χ2n) is 9.72. The van der Waals surface area contributed by atoms with Gasteiger partial charge in [0.15, 0.2) is 11.6 Å². The lowest BCUT2D eigenvalue weighted by Crippen LogP contribution is -2.36. The topological polar surface area (TPSA) is 110 Å². The monoisotopic (exact) mass is 574 g/mol. The molecule has 2 aromatic heterocycles. The lowest BCUT2D eigenvalue weighted by atomic mass is 10.0. The molecule has 0 unspecified atom stereocenters. The van der Waals surface area contributed by atoms with E-state index in [9.17, 15) is 13.6 Å². The Labute approximate surface area is 240 Å². The fourth-order valence-corrected chi connectivity index (χ4v) is 5.08. The van der Waals surface area contributed by atoms with Gasteiger partial charge in [0.25, 0.3) is 0 Å². The fourth-order valence-electron chi connectivity index (χ4n) is 5.08. The molecule has 42 heavy (non-hydrogen) atoms. The van der Waals surface area contributed by atoms with Gasteiger partial charge in [-0.2, -0.15) is 18.9 Å². The number of hydrogen-bond donors (Lipinski definition) is 2. The van der Waals surface area contributed by atoms with E-state index in [1.54, 1.807) is 16.9 Å². The number of nitrogens with zero attached hydrogens (tertiary/aromatic N) is 6. The van der Waals surface area contributed by atoms with Crippen LogP contribution in [0.3, 0.4) is 0 Å². The van der Waals surface area contributed by atoms with Gasteiger partial charge in [-0.15, -0.1) is 0 Å². The number of nitrogens with one attached hydrogen (secondary N) is 2. The van der Waals surface area contributed by atoms with E-state index in [0.29, 0.717) is 50.0 Å². The summed E-state index contributed by atoms with van der Waals surface area (Å²) in [5.41, 5.74) is 5.05. The summed E-state index contributed by atoms with van der Waals surface area (Å²) in [4.78, 5) is 25.2. The maximum absolute atomic E-state index is 13.5. The minimum Gasteiger partial charge on any atom is -0.433 e. The molecule has 2 aliphatic heterocycles. The molecule has 4 heterocycles. The smallest absolute Gasteiger partial charge is 0.387 e. The Balaban J connectivity index is 1.35. The molecule has 2 N–H and O–H groups in total. The van der Waals surface area contributed by atoms with Crippen molar-refractivity contribution in [3.63, 3.8) is 0 Å². The third-order valence-corrected chi connectivity index (χ3v) is 7.00. The third-order valence-electron chi connectivity index (χ3n) is 7.00. The molecule has 1 saturated heterocycles. The van der Waals surface area contributed by atoms with Crippen LogP contribution < -0.4 is 25.2 Å². The minimum atomic E-state index is -3.08. The molecule has 6 rings (SSSR count). The van der Waals surface area contributed by atoms with Crippen molar-refractivity contribution in [2.45, 2.75) is 13.2 Å².